The van der Waals surface area contributed by atoms with Crippen molar-refractivity contribution < 1.29 is 8.82 Å². The standard InChI is InChI=1S/C27H45FOSi/c1-18(28)22-11-12-23-21-10-9-19-17-20(29-30(7,8)25(2,3)4)13-15-26(19,5)24(21)14-16-27(22,23)6/h9,20-21,23-24H,10-17H2,1-8H3/b22-18+/t20-,21-,23-,24-,26-,27+/m0/s1. The Bertz CT molecular complexity index is 755. The quantitative estimate of drug-likeness (QED) is 0.313. The molecule has 1 nitrogen and oxygen atoms in total. The van der Waals surface area contributed by atoms with Gasteiger partial charge in [-0.2, -0.15) is 0 Å². The Morgan fingerprint density at radius 2 is 1.70 bits per heavy atom. The van der Waals surface area contributed by atoms with Crippen molar-refractivity contribution in [1.82, 2.24) is 0 Å². The molecule has 0 heterocycles. The first kappa shape index (κ1) is 22.8. The summed E-state index contributed by atoms with van der Waals surface area (Å²) in [6, 6.07) is 0. The van der Waals surface area contributed by atoms with Gasteiger partial charge in [0.05, 0.1) is 5.83 Å². The fourth-order valence-electron chi connectivity index (χ4n) is 7.70. The Morgan fingerprint density at radius 3 is 2.33 bits per heavy atom. The maximum Gasteiger partial charge on any atom is 0.192 e. The van der Waals surface area contributed by atoms with E-state index in [-0.39, 0.29) is 16.3 Å². The minimum Gasteiger partial charge on any atom is -0.414 e. The molecule has 3 heteroatoms. The van der Waals surface area contributed by atoms with Crippen molar-refractivity contribution in [2.75, 3.05) is 0 Å². The number of hydrogen-bond acceptors (Lipinski definition) is 1. The van der Waals surface area contributed by atoms with E-state index in [9.17, 15) is 4.39 Å². The highest BCUT2D eigenvalue weighted by Crippen LogP contribution is 2.66. The summed E-state index contributed by atoms with van der Waals surface area (Å²) in [6.07, 6.45) is 12.5. The third-order valence-electron chi connectivity index (χ3n) is 10.5. The van der Waals surface area contributed by atoms with Crippen LogP contribution in [0.4, 0.5) is 4.39 Å². The van der Waals surface area contributed by atoms with Crippen LogP contribution >= 0.6 is 0 Å². The zero-order chi connectivity index (χ0) is 22.1. The first-order valence-electron chi connectivity index (χ1n) is 12.5. The largest absolute Gasteiger partial charge is 0.414 e. The van der Waals surface area contributed by atoms with Crippen molar-refractivity contribution in [1.29, 1.82) is 0 Å². The number of hydrogen-bond donors (Lipinski definition) is 0. The van der Waals surface area contributed by atoms with Crippen molar-refractivity contribution >= 4 is 8.32 Å². The fourth-order valence-corrected chi connectivity index (χ4v) is 9.09. The highest BCUT2D eigenvalue weighted by molar-refractivity contribution is 6.74. The van der Waals surface area contributed by atoms with E-state index in [0.29, 0.717) is 17.4 Å². The van der Waals surface area contributed by atoms with Gasteiger partial charge in [-0.3, -0.25) is 0 Å². The molecule has 0 aromatic carbocycles. The van der Waals surface area contributed by atoms with E-state index in [0.717, 1.165) is 30.3 Å². The Labute approximate surface area is 186 Å². The van der Waals surface area contributed by atoms with E-state index >= 15 is 0 Å². The number of allylic oxidation sites excluding steroid dienone is 3. The highest BCUT2D eigenvalue weighted by atomic mass is 28.4. The smallest absolute Gasteiger partial charge is 0.192 e. The minimum absolute atomic E-state index is 0.111. The lowest BCUT2D eigenvalue weighted by Gasteiger charge is -2.58. The van der Waals surface area contributed by atoms with Gasteiger partial charge in [0.25, 0.3) is 0 Å². The van der Waals surface area contributed by atoms with Crippen LogP contribution < -0.4 is 0 Å². The molecule has 0 unspecified atom stereocenters. The molecule has 3 saturated carbocycles. The first-order valence-corrected chi connectivity index (χ1v) is 15.4. The van der Waals surface area contributed by atoms with Gasteiger partial charge in [-0.1, -0.05) is 46.3 Å². The molecule has 0 aromatic heterocycles. The molecule has 4 rings (SSSR count). The molecule has 3 fully saturated rings. The molecule has 4 aliphatic rings. The second-order valence-corrected chi connectivity index (χ2v) is 17.8. The maximum atomic E-state index is 14.3. The summed E-state index contributed by atoms with van der Waals surface area (Å²) < 4.78 is 21.2. The van der Waals surface area contributed by atoms with Gasteiger partial charge in [0, 0.05) is 6.10 Å². The van der Waals surface area contributed by atoms with E-state index < -0.39 is 8.32 Å². The topological polar surface area (TPSA) is 9.23 Å². The Kier molecular flexibility index (Phi) is 5.54. The van der Waals surface area contributed by atoms with Gasteiger partial charge < -0.3 is 4.43 Å². The maximum absolute atomic E-state index is 14.3. The first-order chi connectivity index (χ1) is 13.8. The van der Waals surface area contributed by atoms with E-state index in [2.05, 4.69) is 53.8 Å². The predicted molar refractivity (Wildman–Crippen MR) is 128 cm³/mol. The zero-order valence-corrected chi connectivity index (χ0v) is 21.8. The van der Waals surface area contributed by atoms with Crippen molar-refractivity contribution in [3.63, 3.8) is 0 Å². The predicted octanol–water partition coefficient (Wildman–Crippen LogP) is 8.58. The van der Waals surface area contributed by atoms with E-state index in [4.69, 9.17) is 4.43 Å². The van der Waals surface area contributed by atoms with Crippen molar-refractivity contribution in [3.8, 4) is 0 Å². The van der Waals surface area contributed by atoms with Gasteiger partial charge in [0.2, 0.25) is 0 Å². The van der Waals surface area contributed by atoms with Crippen molar-refractivity contribution in [3.05, 3.63) is 23.0 Å². The van der Waals surface area contributed by atoms with Crippen LogP contribution in [0.2, 0.25) is 18.1 Å². The zero-order valence-electron chi connectivity index (χ0n) is 20.8. The van der Waals surface area contributed by atoms with Crippen LogP contribution in [0.25, 0.3) is 0 Å². The van der Waals surface area contributed by atoms with Crippen LogP contribution in [0, 0.1) is 28.6 Å². The lowest BCUT2D eigenvalue weighted by atomic mass is 9.48. The molecule has 0 amide bonds. The molecule has 0 radical (unpaired) electrons. The van der Waals surface area contributed by atoms with Gasteiger partial charge >= 0.3 is 0 Å². The Morgan fingerprint density at radius 1 is 1.07 bits per heavy atom. The van der Waals surface area contributed by atoms with Gasteiger partial charge in [0.1, 0.15) is 0 Å². The van der Waals surface area contributed by atoms with Crippen LogP contribution in [-0.4, -0.2) is 14.4 Å². The summed E-state index contributed by atoms with van der Waals surface area (Å²) in [7, 11) is -1.72. The summed E-state index contributed by atoms with van der Waals surface area (Å²) in [4.78, 5) is 0. The number of rotatable bonds is 2. The van der Waals surface area contributed by atoms with Crippen molar-refractivity contribution in [2.45, 2.75) is 117 Å². The molecule has 0 bridgehead atoms. The molecule has 0 saturated heterocycles. The normalized spacial score (nSPS) is 43.4. The molecule has 0 N–H and O–H groups in total. The average molecular weight is 433 g/mol. The summed E-state index contributed by atoms with van der Waals surface area (Å²) in [6.45, 7) is 18.5. The summed E-state index contributed by atoms with van der Waals surface area (Å²) in [5, 5.41) is 0.274. The summed E-state index contributed by atoms with van der Waals surface area (Å²) in [5.41, 5.74) is 3.30. The third kappa shape index (κ3) is 3.41. The van der Waals surface area contributed by atoms with Crippen LogP contribution in [0.15, 0.2) is 23.0 Å². The van der Waals surface area contributed by atoms with E-state index in [1.807, 2.05) is 0 Å². The number of fused-ring (bicyclic) bond motifs is 5. The van der Waals surface area contributed by atoms with Gasteiger partial charge in [-0.15, -0.1) is 0 Å². The Hall–Kier alpha value is -0.413. The molecule has 170 valence electrons. The van der Waals surface area contributed by atoms with Crippen LogP contribution in [0.1, 0.15) is 92.9 Å². The van der Waals surface area contributed by atoms with Gasteiger partial charge in [-0.25, -0.2) is 4.39 Å². The van der Waals surface area contributed by atoms with Crippen LogP contribution in [0.3, 0.4) is 0 Å². The lowest BCUT2D eigenvalue weighted by molar-refractivity contribution is -0.0259. The molecular formula is C27H45FOSi. The second kappa shape index (κ2) is 7.30. The highest BCUT2D eigenvalue weighted by Gasteiger charge is 2.58. The van der Waals surface area contributed by atoms with Gasteiger partial charge in [-0.05, 0) is 111 Å². The monoisotopic (exact) mass is 432 g/mol. The minimum atomic E-state index is -1.72. The van der Waals surface area contributed by atoms with E-state index in [1.54, 1.807) is 12.5 Å². The third-order valence-corrected chi connectivity index (χ3v) is 15.1. The summed E-state index contributed by atoms with van der Waals surface area (Å²) in [5.74, 6) is 2.31. The fraction of sp³-hybridized carbons (Fsp3) is 0.852. The molecule has 0 spiro atoms. The summed E-state index contributed by atoms with van der Waals surface area (Å²) >= 11 is 0. The Balaban J connectivity index is 1.55. The molecule has 0 aliphatic heterocycles. The molecule has 30 heavy (non-hydrogen) atoms. The molecule has 6 atom stereocenters. The van der Waals surface area contributed by atoms with Gasteiger partial charge in [0.15, 0.2) is 8.32 Å². The molecule has 4 aliphatic carbocycles. The van der Waals surface area contributed by atoms with Crippen molar-refractivity contribution in [2.24, 2.45) is 28.6 Å². The number of halogens is 1. The van der Waals surface area contributed by atoms with Crippen LogP contribution in [-0.2, 0) is 4.43 Å². The molecule has 0 aromatic rings. The molecular weight excluding hydrogens is 387 g/mol. The average Bonchev–Trinajstić information content (AvgIpc) is 2.98. The second-order valence-electron chi connectivity index (χ2n) is 13.0. The lowest BCUT2D eigenvalue weighted by Crippen LogP contribution is -2.51. The SMILES string of the molecule is C/C(F)=C1/CC[C@H]2[C@@H]3CC=C4C[C@@H](O[Si](C)(C)C(C)(C)C)CC[C@]4(C)[C@H]3CC[C@]12C. The van der Waals surface area contributed by atoms with E-state index in [1.165, 1.54) is 38.5 Å². The van der Waals surface area contributed by atoms with Crippen LogP contribution in [0.5, 0.6) is 0 Å².